The highest BCUT2D eigenvalue weighted by molar-refractivity contribution is 5.75. The van der Waals surface area contributed by atoms with Crippen LogP contribution in [0.4, 0.5) is 0 Å². The average molecular weight is 308 g/mol. The molecule has 0 aliphatic carbocycles. The van der Waals surface area contributed by atoms with Crippen molar-refractivity contribution in [2.24, 2.45) is 12.8 Å². The molecule has 0 aliphatic heterocycles. The summed E-state index contributed by atoms with van der Waals surface area (Å²) >= 11 is 0. The molecule has 0 saturated carbocycles. The minimum absolute atomic E-state index is 0.665. The van der Waals surface area contributed by atoms with E-state index in [1.165, 1.54) is 11.1 Å². The van der Waals surface area contributed by atoms with Gasteiger partial charge >= 0.3 is 0 Å². The molecule has 1 heterocycles. The molecule has 0 saturated heterocycles. The second-order valence-electron chi connectivity index (χ2n) is 5.88. The Kier molecular flexibility index (Phi) is 5.05. The van der Waals surface area contributed by atoms with Crippen LogP contribution in [0.3, 0.4) is 0 Å². The molecule has 4 nitrogen and oxygen atoms in total. The van der Waals surface area contributed by atoms with Crippen LogP contribution >= 0.6 is 0 Å². The maximum absolute atomic E-state index is 5.80. The fraction of sp³-hybridized carbons (Fsp3) is 0.316. The molecule has 0 bridgehead atoms. The van der Waals surface area contributed by atoms with Crippen LogP contribution in [0.25, 0.3) is 11.0 Å². The smallest absolute Gasteiger partial charge is 0.123 e. The molecule has 4 heteroatoms. The van der Waals surface area contributed by atoms with Gasteiger partial charge in [-0.3, -0.25) is 4.90 Å². The normalized spacial score (nSPS) is 11.4. The van der Waals surface area contributed by atoms with Crippen LogP contribution in [-0.4, -0.2) is 34.1 Å². The quantitative estimate of drug-likeness (QED) is 0.730. The Bertz CT molecular complexity index is 748. The molecule has 0 spiro atoms. The molecule has 0 fully saturated rings. The molecule has 3 rings (SSSR count). The first-order valence-electron chi connectivity index (χ1n) is 8.14. The van der Waals surface area contributed by atoms with E-state index in [-0.39, 0.29) is 0 Å². The molecular weight excluding hydrogens is 284 g/mol. The number of hydrogen-bond donors (Lipinski definition) is 1. The minimum Gasteiger partial charge on any atom is -0.330 e. The summed E-state index contributed by atoms with van der Waals surface area (Å²) in [5, 5.41) is 0. The lowest BCUT2D eigenvalue weighted by atomic mass is 10.1. The van der Waals surface area contributed by atoms with Crippen LogP contribution in [-0.2, 0) is 20.0 Å². The minimum atomic E-state index is 0.665. The SMILES string of the molecule is Cn1c(CN(CCN)CCc2ccccc2)nc2ccccc21. The van der Waals surface area contributed by atoms with E-state index in [4.69, 9.17) is 10.7 Å². The first-order valence-corrected chi connectivity index (χ1v) is 8.14. The van der Waals surface area contributed by atoms with E-state index in [0.29, 0.717) is 6.54 Å². The van der Waals surface area contributed by atoms with Crippen molar-refractivity contribution in [3.63, 3.8) is 0 Å². The summed E-state index contributed by atoms with van der Waals surface area (Å²) in [4.78, 5) is 7.15. The summed E-state index contributed by atoms with van der Waals surface area (Å²) in [5.74, 6) is 1.09. The number of nitrogens with two attached hydrogens (primary N) is 1. The van der Waals surface area contributed by atoms with Gasteiger partial charge in [0.05, 0.1) is 17.6 Å². The summed E-state index contributed by atoms with van der Waals surface area (Å²) in [6, 6.07) is 18.9. The van der Waals surface area contributed by atoms with Crippen molar-refractivity contribution >= 4 is 11.0 Å². The van der Waals surface area contributed by atoms with Crippen molar-refractivity contribution in [1.29, 1.82) is 0 Å². The Labute approximate surface area is 137 Å². The third-order valence-corrected chi connectivity index (χ3v) is 4.25. The van der Waals surface area contributed by atoms with Gasteiger partial charge in [-0.15, -0.1) is 0 Å². The maximum Gasteiger partial charge on any atom is 0.123 e. The van der Waals surface area contributed by atoms with Crippen molar-refractivity contribution in [1.82, 2.24) is 14.5 Å². The van der Waals surface area contributed by atoms with Gasteiger partial charge in [0.25, 0.3) is 0 Å². The summed E-state index contributed by atoms with van der Waals surface area (Å²) < 4.78 is 2.18. The van der Waals surface area contributed by atoms with Crippen LogP contribution in [0.1, 0.15) is 11.4 Å². The Morgan fingerprint density at radius 2 is 1.74 bits per heavy atom. The standard InChI is InChI=1S/C19H24N4/c1-22-18-10-6-5-9-17(18)21-19(22)15-23(14-12-20)13-11-16-7-3-2-4-8-16/h2-10H,11-15,20H2,1H3. The molecule has 0 radical (unpaired) electrons. The molecule has 0 unspecified atom stereocenters. The van der Waals surface area contributed by atoms with Crippen LogP contribution in [0.5, 0.6) is 0 Å². The monoisotopic (exact) mass is 308 g/mol. The number of rotatable bonds is 7. The Morgan fingerprint density at radius 3 is 2.48 bits per heavy atom. The van der Waals surface area contributed by atoms with Crippen LogP contribution < -0.4 is 5.73 Å². The molecular formula is C19H24N4. The zero-order valence-electron chi connectivity index (χ0n) is 13.7. The zero-order valence-corrected chi connectivity index (χ0v) is 13.7. The van der Waals surface area contributed by atoms with Gasteiger partial charge in [0, 0.05) is 26.7 Å². The molecule has 120 valence electrons. The van der Waals surface area contributed by atoms with Gasteiger partial charge in [0.2, 0.25) is 0 Å². The molecule has 23 heavy (non-hydrogen) atoms. The number of benzene rings is 2. The van der Waals surface area contributed by atoms with E-state index in [9.17, 15) is 0 Å². The molecule has 2 N–H and O–H groups in total. The summed E-state index contributed by atoms with van der Waals surface area (Å²) in [6.45, 7) is 3.37. The van der Waals surface area contributed by atoms with Crippen molar-refractivity contribution in [2.75, 3.05) is 19.6 Å². The Morgan fingerprint density at radius 1 is 1.00 bits per heavy atom. The highest BCUT2D eigenvalue weighted by Gasteiger charge is 2.12. The van der Waals surface area contributed by atoms with E-state index in [0.717, 1.165) is 37.4 Å². The molecule has 1 aromatic heterocycles. The van der Waals surface area contributed by atoms with Crippen LogP contribution in [0.2, 0.25) is 0 Å². The molecule has 0 amide bonds. The van der Waals surface area contributed by atoms with E-state index < -0.39 is 0 Å². The van der Waals surface area contributed by atoms with Gasteiger partial charge in [-0.05, 0) is 24.1 Å². The van der Waals surface area contributed by atoms with Crippen molar-refractivity contribution in [2.45, 2.75) is 13.0 Å². The van der Waals surface area contributed by atoms with Gasteiger partial charge in [0.1, 0.15) is 5.82 Å². The maximum atomic E-state index is 5.80. The fourth-order valence-electron chi connectivity index (χ4n) is 2.92. The largest absolute Gasteiger partial charge is 0.330 e. The first kappa shape index (κ1) is 15.7. The number of imidazole rings is 1. The topological polar surface area (TPSA) is 47.1 Å². The zero-order chi connectivity index (χ0) is 16.1. The predicted octanol–water partition coefficient (Wildman–Crippen LogP) is 2.58. The third-order valence-electron chi connectivity index (χ3n) is 4.25. The third kappa shape index (κ3) is 3.78. The molecule has 2 aromatic carbocycles. The predicted molar refractivity (Wildman–Crippen MR) is 95.2 cm³/mol. The number of aryl methyl sites for hydroxylation is 1. The van der Waals surface area contributed by atoms with Crippen molar-refractivity contribution in [3.05, 3.63) is 66.0 Å². The second kappa shape index (κ2) is 7.40. The van der Waals surface area contributed by atoms with Gasteiger partial charge in [-0.1, -0.05) is 42.5 Å². The number of para-hydroxylation sites is 2. The van der Waals surface area contributed by atoms with Crippen LogP contribution in [0, 0.1) is 0 Å². The fourth-order valence-corrected chi connectivity index (χ4v) is 2.92. The Hall–Kier alpha value is -2.17. The molecule has 0 aliphatic rings. The number of hydrogen-bond acceptors (Lipinski definition) is 3. The van der Waals surface area contributed by atoms with Gasteiger partial charge in [0.15, 0.2) is 0 Å². The number of nitrogens with zero attached hydrogens (tertiary/aromatic N) is 3. The lowest BCUT2D eigenvalue weighted by Gasteiger charge is -2.21. The van der Waals surface area contributed by atoms with E-state index in [2.05, 4.69) is 65.0 Å². The summed E-state index contributed by atoms with van der Waals surface area (Å²) in [6.07, 6.45) is 1.03. The summed E-state index contributed by atoms with van der Waals surface area (Å²) in [5.41, 5.74) is 9.39. The summed E-state index contributed by atoms with van der Waals surface area (Å²) in [7, 11) is 2.09. The van der Waals surface area contributed by atoms with Gasteiger partial charge in [-0.25, -0.2) is 4.98 Å². The molecule has 0 atom stereocenters. The van der Waals surface area contributed by atoms with E-state index >= 15 is 0 Å². The van der Waals surface area contributed by atoms with E-state index in [1.54, 1.807) is 0 Å². The number of fused-ring (bicyclic) bond motifs is 1. The second-order valence-corrected chi connectivity index (χ2v) is 5.88. The van der Waals surface area contributed by atoms with Crippen LogP contribution in [0.15, 0.2) is 54.6 Å². The highest BCUT2D eigenvalue weighted by atomic mass is 15.2. The van der Waals surface area contributed by atoms with Gasteiger partial charge < -0.3 is 10.3 Å². The van der Waals surface area contributed by atoms with Crippen molar-refractivity contribution in [3.8, 4) is 0 Å². The first-order chi connectivity index (χ1) is 11.3. The average Bonchev–Trinajstić information content (AvgIpc) is 2.90. The lowest BCUT2D eigenvalue weighted by molar-refractivity contribution is 0.267. The molecule has 3 aromatic rings. The highest BCUT2D eigenvalue weighted by Crippen LogP contribution is 2.15. The van der Waals surface area contributed by atoms with Crippen molar-refractivity contribution < 1.29 is 0 Å². The lowest BCUT2D eigenvalue weighted by Crippen LogP contribution is -2.32. The number of aromatic nitrogens is 2. The van der Waals surface area contributed by atoms with E-state index in [1.807, 2.05) is 6.07 Å². The van der Waals surface area contributed by atoms with Gasteiger partial charge in [-0.2, -0.15) is 0 Å². The Balaban J connectivity index is 1.71.